The highest BCUT2D eigenvalue weighted by atomic mass is 19.3. The minimum absolute atomic E-state index is 0.0674. The molecule has 1 saturated heterocycles. The summed E-state index contributed by atoms with van der Waals surface area (Å²) >= 11 is 0. The zero-order chi connectivity index (χ0) is 31.4. The summed E-state index contributed by atoms with van der Waals surface area (Å²) in [6, 6.07) is 11.8. The van der Waals surface area contributed by atoms with Crippen molar-refractivity contribution in [2.24, 2.45) is 0 Å². The Bertz CT molecular complexity index is 1630. The van der Waals surface area contributed by atoms with Gasteiger partial charge in [0.2, 0.25) is 0 Å². The molecule has 0 atom stereocenters. The zero-order valence-corrected chi connectivity index (χ0v) is 25.3. The van der Waals surface area contributed by atoms with Crippen LogP contribution in [0.15, 0.2) is 61.1 Å². The molecular formula is C31H37F2N8O3+. The van der Waals surface area contributed by atoms with Crippen LogP contribution in [0.1, 0.15) is 15.9 Å². The monoisotopic (exact) mass is 607 g/mol. The number of carbonyl (C=O) groups is 2. The van der Waals surface area contributed by atoms with Gasteiger partial charge < -0.3 is 29.7 Å². The number of hydrogen-bond donors (Lipinski definition) is 2. The zero-order valence-electron chi connectivity index (χ0n) is 25.3. The van der Waals surface area contributed by atoms with Crippen molar-refractivity contribution in [2.45, 2.75) is 13.5 Å². The molecule has 13 heteroatoms. The van der Waals surface area contributed by atoms with E-state index in [1.807, 2.05) is 23.5 Å². The van der Waals surface area contributed by atoms with Crippen LogP contribution >= 0.6 is 0 Å². The van der Waals surface area contributed by atoms with Gasteiger partial charge in [-0.2, -0.15) is 8.78 Å². The van der Waals surface area contributed by atoms with Crippen LogP contribution in [0.3, 0.4) is 0 Å². The predicted molar refractivity (Wildman–Crippen MR) is 163 cm³/mol. The standard InChI is InChI=1S/C31H36F2N8O3/c1-21-19-23(7-10-25(21)29(42)38-14-16-39(17-15-38)31(43)35-12-18-41(2,3)4)37-27-28-36-20-26(40(28)13-11-34-27)22-5-8-24(9-6-22)44-30(32)33/h5-11,13,19-20,30H,12,14-18H2,1-4H3,(H-,34,35,37,42,43)/p+1. The number of quaternary nitrogens is 1. The highest BCUT2D eigenvalue weighted by Crippen LogP contribution is 2.28. The minimum atomic E-state index is -2.88. The lowest BCUT2D eigenvalue weighted by molar-refractivity contribution is -0.869. The Morgan fingerprint density at radius 2 is 1.70 bits per heavy atom. The van der Waals surface area contributed by atoms with Crippen LogP contribution in [-0.2, 0) is 0 Å². The molecule has 5 rings (SSSR count). The molecule has 11 nitrogen and oxygen atoms in total. The topological polar surface area (TPSA) is 104 Å². The van der Waals surface area contributed by atoms with Crippen molar-refractivity contribution in [3.05, 3.63) is 72.2 Å². The van der Waals surface area contributed by atoms with Crippen molar-refractivity contribution < 1.29 is 27.6 Å². The molecule has 1 aliphatic rings. The molecule has 0 spiro atoms. The Labute approximate surface area is 254 Å². The summed E-state index contributed by atoms with van der Waals surface area (Å²) in [5.74, 6) is 0.531. The minimum Gasteiger partial charge on any atom is -0.435 e. The maximum Gasteiger partial charge on any atom is 0.387 e. The normalized spacial score (nSPS) is 13.8. The maximum atomic E-state index is 13.3. The number of alkyl halides is 2. The molecule has 2 aromatic carbocycles. The van der Waals surface area contributed by atoms with Crippen LogP contribution in [0, 0.1) is 6.92 Å². The van der Waals surface area contributed by atoms with Crippen molar-refractivity contribution in [1.82, 2.24) is 29.5 Å². The smallest absolute Gasteiger partial charge is 0.387 e. The molecule has 0 unspecified atom stereocenters. The van der Waals surface area contributed by atoms with E-state index in [9.17, 15) is 18.4 Å². The van der Waals surface area contributed by atoms with Gasteiger partial charge in [0.1, 0.15) is 5.75 Å². The highest BCUT2D eigenvalue weighted by Gasteiger charge is 2.26. The van der Waals surface area contributed by atoms with Crippen LogP contribution in [-0.4, -0.2) is 108 Å². The number of halogens is 2. The van der Waals surface area contributed by atoms with Crippen molar-refractivity contribution in [3.63, 3.8) is 0 Å². The van der Waals surface area contributed by atoms with Crippen molar-refractivity contribution in [1.29, 1.82) is 0 Å². The number of hydrogen-bond acceptors (Lipinski definition) is 6. The third-order valence-electron chi connectivity index (χ3n) is 7.44. The number of aryl methyl sites for hydroxylation is 1. The number of nitrogens with zero attached hydrogens (tertiary/aromatic N) is 6. The number of aromatic nitrogens is 3. The fourth-order valence-electron chi connectivity index (χ4n) is 5.04. The lowest BCUT2D eigenvalue weighted by Gasteiger charge is -2.35. The molecule has 0 aliphatic carbocycles. The fraction of sp³-hybridized carbons (Fsp3) is 0.355. The van der Waals surface area contributed by atoms with Gasteiger partial charge in [-0.1, -0.05) is 0 Å². The quantitative estimate of drug-likeness (QED) is 0.276. The Balaban J connectivity index is 1.22. The average Bonchev–Trinajstić information content (AvgIpc) is 3.42. The van der Waals surface area contributed by atoms with E-state index in [0.29, 0.717) is 49.8 Å². The molecule has 0 saturated carbocycles. The van der Waals surface area contributed by atoms with Crippen molar-refractivity contribution in [3.8, 4) is 17.0 Å². The van der Waals surface area contributed by atoms with Gasteiger partial charge in [-0.25, -0.2) is 14.8 Å². The second-order valence-corrected chi connectivity index (χ2v) is 11.7. The van der Waals surface area contributed by atoms with Gasteiger partial charge in [-0.05, 0) is 55.0 Å². The maximum absolute atomic E-state index is 13.3. The Kier molecular flexibility index (Phi) is 8.95. The number of carbonyl (C=O) groups excluding carboxylic acids is 2. The van der Waals surface area contributed by atoms with E-state index < -0.39 is 6.61 Å². The van der Waals surface area contributed by atoms with Gasteiger partial charge >= 0.3 is 12.6 Å². The molecule has 0 radical (unpaired) electrons. The fourth-order valence-corrected chi connectivity index (χ4v) is 5.04. The molecule has 44 heavy (non-hydrogen) atoms. The largest absolute Gasteiger partial charge is 0.435 e. The predicted octanol–water partition coefficient (Wildman–Crippen LogP) is 4.22. The molecule has 2 N–H and O–H groups in total. The van der Waals surface area contributed by atoms with Gasteiger partial charge in [-0.15, -0.1) is 0 Å². The first-order valence-corrected chi connectivity index (χ1v) is 14.4. The number of urea groups is 1. The summed E-state index contributed by atoms with van der Waals surface area (Å²) in [5, 5.41) is 6.27. The first kappa shape index (κ1) is 30.7. The van der Waals surface area contributed by atoms with Crippen molar-refractivity contribution >= 4 is 29.1 Å². The summed E-state index contributed by atoms with van der Waals surface area (Å²) < 4.78 is 32.1. The second-order valence-electron chi connectivity index (χ2n) is 11.7. The average molecular weight is 608 g/mol. The molecule has 3 heterocycles. The molecule has 1 fully saturated rings. The third-order valence-corrected chi connectivity index (χ3v) is 7.44. The number of amides is 3. The molecule has 2 aromatic heterocycles. The van der Waals surface area contributed by atoms with Crippen LogP contribution in [0.4, 0.5) is 25.1 Å². The van der Waals surface area contributed by atoms with Gasteiger partial charge in [0.05, 0.1) is 46.1 Å². The summed E-state index contributed by atoms with van der Waals surface area (Å²) in [4.78, 5) is 38.4. The number of ether oxygens (including phenoxy) is 1. The number of imidazole rings is 1. The molecule has 232 valence electrons. The molecule has 0 bridgehead atoms. The number of rotatable bonds is 9. The number of fused-ring (bicyclic) bond motifs is 1. The second kappa shape index (κ2) is 12.8. The summed E-state index contributed by atoms with van der Waals surface area (Å²) in [6.45, 7) is 2.34. The Morgan fingerprint density at radius 1 is 1.00 bits per heavy atom. The molecule has 3 amide bonds. The van der Waals surface area contributed by atoms with E-state index in [1.165, 1.54) is 12.1 Å². The van der Waals surface area contributed by atoms with Crippen LogP contribution in [0.25, 0.3) is 16.9 Å². The number of anilines is 2. The first-order chi connectivity index (χ1) is 21.0. The van der Waals surface area contributed by atoms with Gasteiger partial charge in [-0.3, -0.25) is 9.20 Å². The Hall–Kier alpha value is -4.78. The third kappa shape index (κ3) is 7.22. The van der Waals surface area contributed by atoms with Gasteiger partial charge in [0.25, 0.3) is 5.91 Å². The van der Waals surface area contributed by atoms with Gasteiger partial charge in [0, 0.05) is 55.4 Å². The first-order valence-electron chi connectivity index (χ1n) is 14.4. The van der Waals surface area contributed by atoms with E-state index >= 15 is 0 Å². The highest BCUT2D eigenvalue weighted by molar-refractivity contribution is 5.96. The summed E-state index contributed by atoms with van der Waals surface area (Å²) in [6.07, 6.45) is 5.10. The number of nitrogens with one attached hydrogen (secondary N) is 2. The van der Waals surface area contributed by atoms with E-state index in [-0.39, 0.29) is 17.7 Å². The Morgan fingerprint density at radius 3 is 2.36 bits per heavy atom. The number of likely N-dealkylation sites (N-methyl/N-ethyl adjacent to an activating group) is 1. The van der Waals surface area contributed by atoms with E-state index in [0.717, 1.165) is 33.5 Å². The van der Waals surface area contributed by atoms with E-state index in [2.05, 4.69) is 46.5 Å². The van der Waals surface area contributed by atoms with E-state index in [1.54, 1.807) is 46.6 Å². The molecular weight excluding hydrogens is 570 g/mol. The van der Waals surface area contributed by atoms with Crippen LogP contribution in [0.2, 0.25) is 0 Å². The van der Waals surface area contributed by atoms with E-state index in [4.69, 9.17) is 0 Å². The lowest BCUT2D eigenvalue weighted by atomic mass is 10.1. The van der Waals surface area contributed by atoms with Crippen molar-refractivity contribution in [2.75, 3.05) is 65.7 Å². The molecule has 1 aliphatic heterocycles. The SMILES string of the molecule is Cc1cc(Nc2nccn3c(-c4ccc(OC(F)F)cc4)cnc23)ccc1C(=O)N1CCN(C(=O)NCC[N+](C)(C)C)CC1. The number of benzene rings is 2. The molecule has 4 aromatic rings. The lowest BCUT2D eigenvalue weighted by Crippen LogP contribution is -2.54. The van der Waals surface area contributed by atoms with Crippen LogP contribution in [0.5, 0.6) is 5.75 Å². The summed E-state index contributed by atoms with van der Waals surface area (Å²) in [7, 11) is 6.24. The summed E-state index contributed by atoms with van der Waals surface area (Å²) in [5.41, 5.74) is 4.26. The number of piperazine rings is 1. The van der Waals surface area contributed by atoms with Gasteiger partial charge in [0.15, 0.2) is 11.5 Å². The van der Waals surface area contributed by atoms with Crippen LogP contribution < -0.4 is 15.4 Å².